The Balaban J connectivity index is 2.20. The quantitative estimate of drug-likeness (QED) is 0.716. The average molecular weight is 217 g/mol. The number of rotatable bonds is 1. The van der Waals surface area contributed by atoms with Crippen LogP contribution < -0.4 is 4.90 Å². The van der Waals surface area contributed by atoms with Crippen molar-refractivity contribution in [3.8, 4) is 6.07 Å². The predicted octanol–water partition coefficient (Wildman–Crippen LogP) is 1.57. The maximum Gasteiger partial charge on any atom is 0.129 e. The van der Waals surface area contributed by atoms with Gasteiger partial charge in [-0.25, -0.2) is 4.98 Å². The third-order valence-electron chi connectivity index (χ3n) is 2.62. The first kappa shape index (κ1) is 10.9. The van der Waals surface area contributed by atoms with E-state index in [1.165, 1.54) is 0 Å². The van der Waals surface area contributed by atoms with Crippen LogP contribution in [0.5, 0.6) is 0 Å². The third kappa shape index (κ3) is 2.31. The van der Waals surface area contributed by atoms with Crippen molar-refractivity contribution < 1.29 is 4.74 Å². The largest absolute Gasteiger partial charge is 0.372 e. The molecule has 0 bridgehead atoms. The second kappa shape index (κ2) is 4.50. The topological polar surface area (TPSA) is 49.2 Å². The zero-order valence-corrected chi connectivity index (χ0v) is 9.55. The zero-order chi connectivity index (χ0) is 11.5. The molecule has 4 nitrogen and oxygen atoms in total. The maximum atomic E-state index is 8.84. The van der Waals surface area contributed by atoms with E-state index in [1.807, 2.05) is 6.07 Å². The molecule has 0 saturated carbocycles. The molecular weight excluding hydrogens is 202 g/mol. The van der Waals surface area contributed by atoms with E-state index in [0.717, 1.165) is 18.9 Å². The molecule has 1 aromatic rings. The van der Waals surface area contributed by atoms with Gasteiger partial charge >= 0.3 is 0 Å². The lowest BCUT2D eigenvalue weighted by Crippen LogP contribution is -2.45. The van der Waals surface area contributed by atoms with Crippen molar-refractivity contribution in [2.24, 2.45) is 0 Å². The van der Waals surface area contributed by atoms with Crippen molar-refractivity contribution in [3.05, 3.63) is 23.9 Å². The molecule has 2 heterocycles. The van der Waals surface area contributed by atoms with Gasteiger partial charge in [-0.1, -0.05) is 0 Å². The molecule has 0 aromatic carbocycles. The molecule has 2 atom stereocenters. The Labute approximate surface area is 95.5 Å². The Morgan fingerprint density at radius 3 is 2.75 bits per heavy atom. The van der Waals surface area contributed by atoms with Crippen LogP contribution in [0.15, 0.2) is 18.3 Å². The van der Waals surface area contributed by atoms with Crippen LogP contribution in [0, 0.1) is 11.3 Å². The Morgan fingerprint density at radius 2 is 2.12 bits per heavy atom. The van der Waals surface area contributed by atoms with Crippen LogP contribution >= 0.6 is 0 Å². The third-order valence-corrected chi connectivity index (χ3v) is 2.62. The van der Waals surface area contributed by atoms with Gasteiger partial charge in [0.05, 0.1) is 23.8 Å². The summed E-state index contributed by atoms with van der Waals surface area (Å²) in [5.41, 5.74) is 0.650. The number of anilines is 1. The average Bonchev–Trinajstić information content (AvgIpc) is 2.28. The number of pyridine rings is 1. The van der Waals surface area contributed by atoms with Crippen LogP contribution in [0.1, 0.15) is 19.4 Å². The molecule has 4 heteroatoms. The van der Waals surface area contributed by atoms with Crippen LogP contribution in [0.25, 0.3) is 0 Å². The minimum atomic E-state index is 0.205. The van der Waals surface area contributed by atoms with Crippen LogP contribution in [0.4, 0.5) is 5.82 Å². The molecule has 1 aliphatic heterocycles. The number of aromatic nitrogens is 1. The number of nitrogens with zero attached hydrogens (tertiary/aromatic N) is 3. The molecule has 1 aliphatic rings. The molecule has 16 heavy (non-hydrogen) atoms. The van der Waals surface area contributed by atoms with Gasteiger partial charge in [0, 0.05) is 19.3 Å². The van der Waals surface area contributed by atoms with Crippen molar-refractivity contribution in [3.63, 3.8) is 0 Å². The molecule has 1 aromatic heterocycles. The summed E-state index contributed by atoms with van der Waals surface area (Å²) in [5.74, 6) is 0.862. The maximum absolute atomic E-state index is 8.84. The molecule has 0 aliphatic carbocycles. The summed E-state index contributed by atoms with van der Waals surface area (Å²) in [5, 5.41) is 8.84. The molecular formula is C12H15N3O. The van der Waals surface area contributed by atoms with E-state index in [-0.39, 0.29) is 12.2 Å². The number of hydrogen-bond donors (Lipinski definition) is 0. The second-order valence-corrected chi connectivity index (χ2v) is 4.18. The molecule has 0 amide bonds. The smallest absolute Gasteiger partial charge is 0.129 e. The molecule has 2 rings (SSSR count). The molecule has 0 N–H and O–H groups in total. The Hall–Kier alpha value is -1.60. The summed E-state index contributed by atoms with van der Waals surface area (Å²) >= 11 is 0. The lowest BCUT2D eigenvalue weighted by atomic mass is 10.2. The lowest BCUT2D eigenvalue weighted by Gasteiger charge is -2.36. The molecule has 0 unspecified atom stereocenters. The van der Waals surface area contributed by atoms with E-state index in [9.17, 15) is 0 Å². The highest BCUT2D eigenvalue weighted by molar-refractivity contribution is 5.45. The highest BCUT2D eigenvalue weighted by atomic mass is 16.5. The highest BCUT2D eigenvalue weighted by Crippen LogP contribution is 2.18. The van der Waals surface area contributed by atoms with Crippen LogP contribution in [0.2, 0.25) is 0 Å². The van der Waals surface area contributed by atoms with Gasteiger partial charge in [0.2, 0.25) is 0 Å². The van der Waals surface area contributed by atoms with Crippen molar-refractivity contribution >= 4 is 5.82 Å². The van der Waals surface area contributed by atoms with E-state index in [1.54, 1.807) is 12.3 Å². The van der Waals surface area contributed by atoms with Gasteiger partial charge in [-0.2, -0.15) is 5.26 Å². The first-order chi connectivity index (χ1) is 7.69. The van der Waals surface area contributed by atoms with Gasteiger partial charge in [-0.3, -0.25) is 0 Å². The molecule has 1 saturated heterocycles. The van der Waals surface area contributed by atoms with Gasteiger partial charge < -0.3 is 9.64 Å². The Bertz CT molecular complexity index is 403. The second-order valence-electron chi connectivity index (χ2n) is 4.18. The van der Waals surface area contributed by atoms with E-state index in [2.05, 4.69) is 29.8 Å². The monoisotopic (exact) mass is 217 g/mol. The summed E-state index contributed by atoms with van der Waals surface area (Å²) in [6.07, 6.45) is 2.09. The molecule has 0 spiro atoms. The standard InChI is InChI=1S/C12H15N3O/c1-9-7-15(8-10(2)16-9)12-5-11(6-13)3-4-14-12/h3-5,9-10H,7-8H2,1-2H3/t9-,10-/m1/s1. The lowest BCUT2D eigenvalue weighted by molar-refractivity contribution is -0.00545. The van der Waals surface area contributed by atoms with Crippen LogP contribution in [-0.2, 0) is 4.74 Å². The first-order valence-electron chi connectivity index (χ1n) is 5.45. The molecule has 84 valence electrons. The van der Waals surface area contributed by atoms with Crippen molar-refractivity contribution in [1.82, 2.24) is 4.98 Å². The van der Waals surface area contributed by atoms with E-state index in [0.29, 0.717) is 5.56 Å². The van der Waals surface area contributed by atoms with E-state index < -0.39 is 0 Å². The van der Waals surface area contributed by atoms with Gasteiger partial charge in [0.15, 0.2) is 0 Å². The van der Waals surface area contributed by atoms with Crippen molar-refractivity contribution in [1.29, 1.82) is 5.26 Å². The summed E-state index contributed by atoms with van der Waals surface area (Å²) in [6.45, 7) is 5.76. The van der Waals surface area contributed by atoms with Gasteiger partial charge in [-0.05, 0) is 26.0 Å². The van der Waals surface area contributed by atoms with Gasteiger partial charge in [0.1, 0.15) is 5.82 Å². The minimum absolute atomic E-state index is 0.205. The summed E-state index contributed by atoms with van der Waals surface area (Å²) in [4.78, 5) is 6.47. The van der Waals surface area contributed by atoms with Crippen LogP contribution in [0.3, 0.4) is 0 Å². The normalized spacial score (nSPS) is 25.2. The fourth-order valence-electron chi connectivity index (χ4n) is 2.03. The van der Waals surface area contributed by atoms with E-state index >= 15 is 0 Å². The Kier molecular flexibility index (Phi) is 3.07. The number of morpholine rings is 1. The van der Waals surface area contributed by atoms with Crippen LogP contribution in [-0.4, -0.2) is 30.3 Å². The SMILES string of the molecule is C[C@@H]1CN(c2cc(C#N)ccn2)C[C@@H](C)O1. The van der Waals surface area contributed by atoms with E-state index in [4.69, 9.17) is 10.00 Å². The number of nitriles is 1. The van der Waals surface area contributed by atoms with Crippen molar-refractivity contribution in [2.75, 3.05) is 18.0 Å². The fourth-order valence-corrected chi connectivity index (χ4v) is 2.03. The highest BCUT2D eigenvalue weighted by Gasteiger charge is 2.23. The Morgan fingerprint density at radius 1 is 1.44 bits per heavy atom. The molecule has 0 radical (unpaired) electrons. The summed E-state index contributed by atoms with van der Waals surface area (Å²) in [7, 11) is 0. The van der Waals surface area contributed by atoms with Gasteiger partial charge in [0.25, 0.3) is 0 Å². The first-order valence-corrected chi connectivity index (χ1v) is 5.45. The zero-order valence-electron chi connectivity index (χ0n) is 9.55. The number of ether oxygens (including phenoxy) is 1. The predicted molar refractivity (Wildman–Crippen MR) is 61.2 cm³/mol. The minimum Gasteiger partial charge on any atom is -0.372 e. The summed E-state index contributed by atoms with van der Waals surface area (Å²) < 4.78 is 5.66. The van der Waals surface area contributed by atoms with Crippen molar-refractivity contribution in [2.45, 2.75) is 26.1 Å². The fraction of sp³-hybridized carbons (Fsp3) is 0.500. The summed E-state index contributed by atoms with van der Waals surface area (Å²) in [6, 6.07) is 5.67. The number of hydrogen-bond acceptors (Lipinski definition) is 4. The molecule has 1 fully saturated rings. The van der Waals surface area contributed by atoms with Gasteiger partial charge in [-0.15, -0.1) is 0 Å².